The standard InChI is InChI=1S/C21H30N4O8S/c1-10(2)17(21(32)33)25-20(31)15(9-34)24-19(30)14(7-11-3-5-12(26)6-4-11)23-18(29)13(22)8-16(27)28/h3-6,10,13-15,17,26,34H,7-9,22H2,1-2H3,(H,23,29)(H,24,30)(H,25,31)(H,27,28)(H,32,33). The van der Waals surface area contributed by atoms with E-state index in [-0.39, 0.29) is 17.9 Å². The van der Waals surface area contributed by atoms with Gasteiger partial charge in [-0.15, -0.1) is 0 Å². The lowest BCUT2D eigenvalue weighted by molar-refractivity contribution is -0.143. The average Bonchev–Trinajstić information content (AvgIpc) is 2.75. The van der Waals surface area contributed by atoms with Gasteiger partial charge in [0, 0.05) is 12.2 Å². The van der Waals surface area contributed by atoms with Gasteiger partial charge in [-0.2, -0.15) is 12.6 Å². The second-order valence-electron chi connectivity index (χ2n) is 7.95. The third kappa shape index (κ3) is 9.27. The molecular weight excluding hydrogens is 468 g/mol. The van der Waals surface area contributed by atoms with Crippen molar-refractivity contribution in [2.45, 2.75) is 50.9 Å². The van der Waals surface area contributed by atoms with Gasteiger partial charge in [0.05, 0.1) is 12.5 Å². The first kappa shape index (κ1) is 28.7. The molecular formula is C21H30N4O8S. The second kappa shape index (κ2) is 13.4. The lowest BCUT2D eigenvalue weighted by Crippen LogP contribution is -2.58. The van der Waals surface area contributed by atoms with Gasteiger partial charge in [0.2, 0.25) is 17.7 Å². The van der Waals surface area contributed by atoms with Crippen molar-refractivity contribution >= 4 is 42.3 Å². The Morgan fingerprint density at radius 1 is 0.912 bits per heavy atom. The summed E-state index contributed by atoms with van der Waals surface area (Å²) in [6.07, 6.45) is -0.727. The van der Waals surface area contributed by atoms with Crippen molar-refractivity contribution in [1.82, 2.24) is 16.0 Å². The van der Waals surface area contributed by atoms with Gasteiger partial charge in [0.25, 0.3) is 0 Å². The SMILES string of the molecule is CC(C)C(NC(=O)C(CS)NC(=O)C(Cc1ccc(O)cc1)NC(=O)C(N)CC(=O)O)C(=O)O. The fourth-order valence-electron chi connectivity index (χ4n) is 2.87. The second-order valence-corrected chi connectivity index (χ2v) is 8.31. The molecule has 0 aliphatic heterocycles. The van der Waals surface area contributed by atoms with Crippen LogP contribution < -0.4 is 21.7 Å². The molecule has 0 fully saturated rings. The smallest absolute Gasteiger partial charge is 0.326 e. The molecule has 0 saturated heterocycles. The summed E-state index contributed by atoms with van der Waals surface area (Å²) >= 11 is 4.05. The number of aromatic hydroxyl groups is 1. The first-order chi connectivity index (χ1) is 15.8. The summed E-state index contributed by atoms with van der Waals surface area (Å²) < 4.78 is 0. The summed E-state index contributed by atoms with van der Waals surface area (Å²) in [5.41, 5.74) is 6.12. The minimum atomic E-state index is -1.42. The number of phenols is 1. The summed E-state index contributed by atoms with van der Waals surface area (Å²) in [7, 11) is 0. The van der Waals surface area contributed by atoms with E-state index in [0.717, 1.165) is 0 Å². The Bertz CT molecular complexity index is 893. The maximum Gasteiger partial charge on any atom is 0.326 e. The van der Waals surface area contributed by atoms with E-state index in [9.17, 15) is 34.2 Å². The van der Waals surface area contributed by atoms with Crippen molar-refractivity contribution < 1.29 is 39.3 Å². The number of nitrogens with two attached hydrogens (primary N) is 1. The van der Waals surface area contributed by atoms with Gasteiger partial charge < -0.3 is 37.0 Å². The Hall–Kier alpha value is -3.32. The molecule has 0 aliphatic carbocycles. The maximum absolute atomic E-state index is 13.0. The Kier molecular flexibility index (Phi) is 11.3. The fourth-order valence-corrected chi connectivity index (χ4v) is 3.13. The van der Waals surface area contributed by atoms with Crippen LogP contribution >= 0.6 is 12.6 Å². The van der Waals surface area contributed by atoms with Crippen LogP contribution in [0.15, 0.2) is 24.3 Å². The average molecular weight is 499 g/mol. The highest BCUT2D eigenvalue weighted by molar-refractivity contribution is 7.80. The van der Waals surface area contributed by atoms with Crippen LogP contribution in [0, 0.1) is 5.92 Å². The predicted molar refractivity (Wildman–Crippen MR) is 124 cm³/mol. The van der Waals surface area contributed by atoms with Crippen LogP contribution in [0.1, 0.15) is 25.8 Å². The molecule has 1 rings (SSSR count). The number of thiol groups is 1. The summed E-state index contributed by atoms with van der Waals surface area (Å²) in [5.74, 6) is -5.60. The lowest BCUT2D eigenvalue weighted by Gasteiger charge is -2.25. The van der Waals surface area contributed by atoms with E-state index in [1.165, 1.54) is 24.3 Å². The zero-order chi connectivity index (χ0) is 26.0. The highest BCUT2D eigenvalue weighted by Gasteiger charge is 2.31. The quantitative estimate of drug-likeness (QED) is 0.154. The Labute approximate surface area is 201 Å². The molecule has 0 saturated carbocycles. The molecule has 0 aromatic heterocycles. The van der Waals surface area contributed by atoms with Gasteiger partial charge in [-0.1, -0.05) is 26.0 Å². The first-order valence-electron chi connectivity index (χ1n) is 10.4. The number of benzene rings is 1. The highest BCUT2D eigenvalue weighted by atomic mass is 32.1. The molecule has 34 heavy (non-hydrogen) atoms. The minimum Gasteiger partial charge on any atom is -0.508 e. The van der Waals surface area contributed by atoms with Gasteiger partial charge in [-0.05, 0) is 23.6 Å². The van der Waals surface area contributed by atoms with Crippen molar-refractivity contribution in [2.24, 2.45) is 11.7 Å². The van der Waals surface area contributed by atoms with Crippen LogP contribution in [0.2, 0.25) is 0 Å². The molecule has 4 unspecified atom stereocenters. The number of rotatable bonds is 13. The number of carboxylic acids is 2. The molecule has 3 amide bonds. The Morgan fingerprint density at radius 2 is 1.44 bits per heavy atom. The molecule has 13 heteroatoms. The van der Waals surface area contributed by atoms with E-state index in [1.54, 1.807) is 13.8 Å². The summed E-state index contributed by atoms with van der Waals surface area (Å²) in [5, 5.41) is 34.7. The zero-order valence-corrected chi connectivity index (χ0v) is 19.6. The molecule has 8 N–H and O–H groups in total. The molecule has 0 spiro atoms. The molecule has 0 heterocycles. The summed E-state index contributed by atoms with van der Waals surface area (Å²) in [4.78, 5) is 60.1. The number of phenolic OH excluding ortho intramolecular Hbond substituents is 1. The zero-order valence-electron chi connectivity index (χ0n) is 18.7. The van der Waals surface area contributed by atoms with Crippen LogP contribution in [0.5, 0.6) is 5.75 Å². The van der Waals surface area contributed by atoms with Gasteiger partial charge in [-0.3, -0.25) is 19.2 Å². The lowest BCUT2D eigenvalue weighted by atomic mass is 10.0. The highest BCUT2D eigenvalue weighted by Crippen LogP contribution is 2.12. The monoisotopic (exact) mass is 498 g/mol. The number of carboxylic acid groups (broad SMARTS) is 2. The van der Waals surface area contributed by atoms with Crippen LogP contribution in [0.4, 0.5) is 0 Å². The van der Waals surface area contributed by atoms with E-state index < -0.39 is 66.2 Å². The maximum atomic E-state index is 13.0. The van der Waals surface area contributed by atoms with E-state index in [1.807, 2.05) is 0 Å². The molecule has 1 aromatic rings. The number of nitrogens with one attached hydrogen (secondary N) is 3. The topological polar surface area (TPSA) is 208 Å². The fraction of sp³-hybridized carbons (Fsp3) is 0.476. The van der Waals surface area contributed by atoms with Gasteiger partial charge in [0.15, 0.2) is 0 Å². The van der Waals surface area contributed by atoms with Crippen LogP contribution in [0.3, 0.4) is 0 Å². The van der Waals surface area contributed by atoms with E-state index in [2.05, 4.69) is 28.6 Å². The summed E-state index contributed by atoms with van der Waals surface area (Å²) in [6, 6.07) is 0.709. The normalized spacial score (nSPS) is 14.4. The number of aliphatic carboxylic acids is 2. The number of hydrogen-bond donors (Lipinski definition) is 8. The van der Waals surface area contributed by atoms with Crippen molar-refractivity contribution in [1.29, 1.82) is 0 Å². The molecule has 188 valence electrons. The van der Waals surface area contributed by atoms with Crippen molar-refractivity contribution in [3.05, 3.63) is 29.8 Å². The van der Waals surface area contributed by atoms with Gasteiger partial charge in [-0.25, -0.2) is 4.79 Å². The third-order valence-corrected chi connectivity index (χ3v) is 5.15. The number of hydrogen-bond acceptors (Lipinski definition) is 8. The van der Waals surface area contributed by atoms with Crippen molar-refractivity contribution in [3.63, 3.8) is 0 Å². The number of carbonyl (C=O) groups is 5. The van der Waals surface area contributed by atoms with Crippen LogP contribution in [-0.4, -0.2) is 74.9 Å². The predicted octanol–water partition coefficient (Wildman–Crippen LogP) is -1.14. The van der Waals surface area contributed by atoms with E-state index in [0.29, 0.717) is 5.56 Å². The minimum absolute atomic E-state index is 0.0118. The van der Waals surface area contributed by atoms with Gasteiger partial charge >= 0.3 is 11.9 Å². The summed E-state index contributed by atoms with van der Waals surface area (Å²) in [6.45, 7) is 3.22. The van der Waals surface area contributed by atoms with E-state index in [4.69, 9.17) is 10.8 Å². The molecule has 4 atom stereocenters. The van der Waals surface area contributed by atoms with Crippen LogP contribution in [-0.2, 0) is 30.4 Å². The number of amides is 3. The Balaban J connectivity index is 3.03. The molecule has 1 aromatic carbocycles. The molecule has 0 bridgehead atoms. The Morgan fingerprint density at radius 3 is 1.91 bits per heavy atom. The number of carbonyl (C=O) groups excluding carboxylic acids is 3. The largest absolute Gasteiger partial charge is 0.508 e. The molecule has 12 nitrogen and oxygen atoms in total. The van der Waals surface area contributed by atoms with E-state index >= 15 is 0 Å². The van der Waals surface area contributed by atoms with Crippen molar-refractivity contribution in [2.75, 3.05) is 5.75 Å². The van der Waals surface area contributed by atoms with Crippen LogP contribution in [0.25, 0.3) is 0 Å². The third-order valence-electron chi connectivity index (χ3n) is 4.79. The first-order valence-corrected chi connectivity index (χ1v) is 11.0. The van der Waals surface area contributed by atoms with Crippen molar-refractivity contribution in [3.8, 4) is 5.75 Å². The molecule has 0 radical (unpaired) electrons. The van der Waals surface area contributed by atoms with Gasteiger partial charge in [0.1, 0.15) is 23.9 Å². The molecule has 0 aliphatic rings.